The molecule has 1 fully saturated rings. The van der Waals surface area contributed by atoms with E-state index < -0.39 is 0 Å². The van der Waals surface area contributed by atoms with Gasteiger partial charge in [0.1, 0.15) is 0 Å². The molecule has 1 aliphatic heterocycles. The summed E-state index contributed by atoms with van der Waals surface area (Å²) >= 11 is 1.73. The van der Waals surface area contributed by atoms with E-state index in [1.807, 2.05) is 11.6 Å². The number of thiazole rings is 1. The quantitative estimate of drug-likeness (QED) is 0.941. The number of nitrogens with two attached hydrogens (primary N) is 1. The Kier molecular flexibility index (Phi) is 4.53. The van der Waals surface area contributed by atoms with E-state index in [4.69, 9.17) is 5.73 Å². The summed E-state index contributed by atoms with van der Waals surface area (Å²) in [7, 11) is 0. The Balaban J connectivity index is 1.58. The normalized spacial score (nSPS) is 16.4. The zero-order valence-electron chi connectivity index (χ0n) is 12.5. The SMILES string of the molecule is Cc1cc(CN)ccc1CN1CCN(c2nccs2)CC1. The first-order valence-electron chi connectivity index (χ1n) is 7.41. The van der Waals surface area contributed by atoms with Crippen molar-refractivity contribution in [3.8, 4) is 0 Å². The topological polar surface area (TPSA) is 45.4 Å². The Morgan fingerprint density at radius 3 is 2.67 bits per heavy atom. The van der Waals surface area contributed by atoms with Crippen LogP contribution in [0.25, 0.3) is 0 Å². The van der Waals surface area contributed by atoms with Crippen molar-refractivity contribution in [2.45, 2.75) is 20.0 Å². The summed E-state index contributed by atoms with van der Waals surface area (Å²) in [6, 6.07) is 6.58. The summed E-state index contributed by atoms with van der Waals surface area (Å²) in [6.45, 7) is 8.15. The van der Waals surface area contributed by atoms with E-state index in [1.54, 1.807) is 11.3 Å². The second-order valence-corrected chi connectivity index (χ2v) is 6.42. The number of anilines is 1. The van der Waals surface area contributed by atoms with E-state index in [0.717, 1.165) is 37.9 Å². The Morgan fingerprint density at radius 2 is 2.05 bits per heavy atom. The molecule has 21 heavy (non-hydrogen) atoms. The van der Waals surface area contributed by atoms with Crippen LogP contribution in [0.15, 0.2) is 29.8 Å². The number of hydrogen-bond acceptors (Lipinski definition) is 5. The summed E-state index contributed by atoms with van der Waals surface area (Å²) in [5, 5.41) is 3.20. The monoisotopic (exact) mass is 302 g/mol. The van der Waals surface area contributed by atoms with Gasteiger partial charge < -0.3 is 10.6 Å². The van der Waals surface area contributed by atoms with Gasteiger partial charge in [0.15, 0.2) is 5.13 Å². The fourth-order valence-electron chi connectivity index (χ4n) is 2.77. The Morgan fingerprint density at radius 1 is 1.24 bits per heavy atom. The van der Waals surface area contributed by atoms with Crippen molar-refractivity contribution in [3.63, 3.8) is 0 Å². The number of rotatable bonds is 4. The molecule has 0 atom stereocenters. The Hall–Kier alpha value is -1.43. The molecule has 1 saturated heterocycles. The Labute approximate surface area is 130 Å². The smallest absolute Gasteiger partial charge is 0.185 e. The zero-order chi connectivity index (χ0) is 14.7. The van der Waals surface area contributed by atoms with Gasteiger partial charge in [-0.1, -0.05) is 18.2 Å². The predicted molar refractivity (Wildman–Crippen MR) is 88.7 cm³/mol. The highest BCUT2D eigenvalue weighted by molar-refractivity contribution is 7.13. The number of nitrogens with zero attached hydrogens (tertiary/aromatic N) is 3. The van der Waals surface area contributed by atoms with Crippen LogP contribution in [0.3, 0.4) is 0 Å². The second-order valence-electron chi connectivity index (χ2n) is 5.54. The van der Waals surface area contributed by atoms with Crippen molar-refractivity contribution >= 4 is 16.5 Å². The molecule has 0 aliphatic carbocycles. The molecule has 1 aromatic heterocycles. The molecule has 0 spiro atoms. The van der Waals surface area contributed by atoms with Crippen molar-refractivity contribution in [3.05, 3.63) is 46.5 Å². The molecule has 0 unspecified atom stereocenters. The van der Waals surface area contributed by atoms with Crippen LogP contribution in [0.5, 0.6) is 0 Å². The fourth-order valence-corrected chi connectivity index (χ4v) is 3.47. The number of aromatic nitrogens is 1. The summed E-state index contributed by atoms with van der Waals surface area (Å²) in [4.78, 5) is 9.30. The standard InChI is InChI=1S/C16H22N4S/c1-13-10-14(11-17)2-3-15(13)12-19-5-7-20(8-6-19)16-18-4-9-21-16/h2-4,9-10H,5-8,11-12,17H2,1H3. The van der Waals surface area contributed by atoms with Gasteiger partial charge in [0.05, 0.1) is 0 Å². The van der Waals surface area contributed by atoms with Crippen LogP contribution in [-0.2, 0) is 13.1 Å². The molecule has 4 nitrogen and oxygen atoms in total. The van der Waals surface area contributed by atoms with Gasteiger partial charge in [0.25, 0.3) is 0 Å². The van der Waals surface area contributed by atoms with E-state index >= 15 is 0 Å². The number of aryl methyl sites for hydroxylation is 1. The molecule has 0 amide bonds. The van der Waals surface area contributed by atoms with Crippen molar-refractivity contribution < 1.29 is 0 Å². The van der Waals surface area contributed by atoms with Crippen molar-refractivity contribution in [2.24, 2.45) is 5.73 Å². The molecular formula is C16H22N4S. The Bertz CT molecular complexity index is 574. The highest BCUT2D eigenvalue weighted by atomic mass is 32.1. The van der Waals surface area contributed by atoms with Crippen molar-refractivity contribution in [2.75, 3.05) is 31.1 Å². The van der Waals surface area contributed by atoms with E-state index in [2.05, 4.69) is 39.9 Å². The first-order valence-corrected chi connectivity index (χ1v) is 8.29. The van der Waals surface area contributed by atoms with Gasteiger partial charge in [0, 0.05) is 50.8 Å². The van der Waals surface area contributed by atoms with Crippen LogP contribution < -0.4 is 10.6 Å². The molecular weight excluding hydrogens is 280 g/mol. The minimum atomic E-state index is 0.619. The van der Waals surface area contributed by atoms with Crippen molar-refractivity contribution in [1.82, 2.24) is 9.88 Å². The van der Waals surface area contributed by atoms with Crippen LogP contribution >= 0.6 is 11.3 Å². The average molecular weight is 302 g/mol. The maximum absolute atomic E-state index is 5.69. The summed E-state index contributed by atoms with van der Waals surface area (Å²) in [5.74, 6) is 0. The maximum atomic E-state index is 5.69. The summed E-state index contributed by atoms with van der Waals surface area (Å²) in [6.07, 6.45) is 1.88. The molecule has 1 aliphatic rings. The zero-order valence-corrected chi connectivity index (χ0v) is 13.3. The second kappa shape index (κ2) is 6.56. The third-order valence-electron chi connectivity index (χ3n) is 4.10. The molecule has 0 bridgehead atoms. The van der Waals surface area contributed by atoms with Gasteiger partial charge in [0.2, 0.25) is 0 Å². The number of piperazine rings is 1. The molecule has 2 heterocycles. The lowest BCUT2D eigenvalue weighted by Gasteiger charge is -2.34. The van der Waals surface area contributed by atoms with Crippen LogP contribution in [0, 0.1) is 6.92 Å². The molecule has 0 radical (unpaired) electrons. The predicted octanol–water partition coefficient (Wildman–Crippen LogP) is 2.23. The lowest BCUT2D eigenvalue weighted by atomic mass is 10.0. The molecule has 2 aromatic rings. The number of benzene rings is 1. The molecule has 0 saturated carbocycles. The van der Waals surface area contributed by atoms with Crippen molar-refractivity contribution in [1.29, 1.82) is 0 Å². The molecule has 2 N–H and O–H groups in total. The van der Waals surface area contributed by atoms with Gasteiger partial charge >= 0.3 is 0 Å². The third kappa shape index (κ3) is 3.43. The van der Waals surface area contributed by atoms with Gasteiger partial charge in [-0.25, -0.2) is 4.98 Å². The first kappa shape index (κ1) is 14.5. The third-order valence-corrected chi connectivity index (χ3v) is 4.93. The summed E-state index contributed by atoms with van der Waals surface area (Å²) < 4.78 is 0. The molecule has 112 valence electrons. The van der Waals surface area contributed by atoms with Crippen LogP contribution in [0.1, 0.15) is 16.7 Å². The maximum Gasteiger partial charge on any atom is 0.185 e. The first-order chi connectivity index (χ1) is 10.3. The minimum absolute atomic E-state index is 0.619. The highest BCUT2D eigenvalue weighted by Gasteiger charge is 2.19. The van der Waals surface area contributed by atoms with Crippen LogP contribution in [0.4, 0.5) is 5.13 Å². The van der Waals surface area contributed by atoms with Gasteiger partial charge in [-0.2, -0.15) is 0 Å². The largest absolute Gasteiger partial charge is 0.346 e. The minimum Gasteiger partial charge on any atom is -0.346 e. The van der Waals surface area contributed by atoms with E-state index in [0.29, 0.717) is 6.54 Å². The average Bonchev–Trinajstić information content (AvgIpc) is 3.04. The summed E-state index contributed by atoms with van der Waals surface area (Å²) in [5.41, 5.74) is 9.67. The van der Waals surface area contributed by atoms with Gasteiger partial charge in [-0.05, 0) is 23.6 Å². The highest BCUT2D eigenvalue weighted by Crippen LogP contribution is 2.20. The molecule has 1 aromatic carbocycles. The van der Waals surface area contributed by atoms with E-state index in [-0.39, 0.29) is 0 Å². The van der Waals surface area contributed by atoms with Crippen LogP contribution in [0.2, 0.25) is 0 Å². The van der Waals surface area contributed by atoms with E-state index in [1.165, 1.54) is 16.7 Å². The number of hydrogen-bond donors (Lipinski definition) is 1. The van der Waals surface area contributed by atoms with Gasteiger partial charge in [-0.15, -0.1) is 11.3 Å². The van der Waals surface area contributed by atoms with Crippen LogP contribution in [-0.4, -0.2) is 36.1 Å². The molecule has 5 heteroatoms. The van der Waals surface area contributed by atoms with E-state index in [9.17, 15) is 0 Å². The van der Waals surface area contributed by atoms with Gasteiger partial charge in [-0.3, -0.25) is 4.90 Å². The fraction of sp³-hybridized carbons (Fsp3) is 0.438. The lowest BCUT2D eigenvalue weighted by Crippen LogP contribution is -2.46. The molecule has 3 rings (SSSR count). The lowest BCUT2D eigenvalue weighted by molar-refractivity contribution is 0.249.